The summed E-state index contributed by atoms with van der Waals surface area (Å²) in [7, 11) is 0. The molecule has 7 heteroatoms. The second-order valence-corrected chi connectivity index (χ2v) is 11.9. The van der Waals surface area contributed by atoms with Gasteiger partial charge in [0, 0.05) is 26.2 Å². The van der Waals surface area contributed by atoms with E-state index in [1.54, 1.807) is 11.3 Å². The number of anilines is 1. The minimum Gasteiger partial charge on any atom is -0.465 e. The first kappa shape index (κ1) is 20.2. The molecule has 0 spiro atoms. The zero-order chi connectivity index (χ0) is 21.3. The van der Waals surface area contributed by atoms with Crippen molar-refractivity contribution in [2.24, 2.45) is 0 Å². The topological polar surface area (TPSA) is 25.4 Å². The van der Waals surface area contributed by atoms with E-state index >= 15 is 4.39 Å². The number of aromatic nitrogens is 1. The molecule has 2 aliphatic heterocycles. The van der Waals surface area contributed by atoms with Gasteiger partial charge in [-0.05, 0) is 55.2 Å². The molecule has 2 unspecified atom stereocenters. The fourth-order valence-electron chi connectivity index (χ4n) is 5.38. The second-order valence-electron chi connectivity index (χ2n) is 9.01. The average molecular weight is 564 g/mol. The Balaban J connectivity index is 1.48. The third kappa shape index (κ3) is 3.18. The summed E-state index contributed by atoms with van der Waals surface area (Å²) in [6, 6.07) is 9.62. The van der Waals surface area contributed by atoms with E-state index in [1.165, 1.54) is 42.3 Å². The number of rotatable bonds is 2. The standard InChI is InChI=1S/C24H21Br2FN2OS/c1-24(6-2-3-7-24)23-28-12-20(31-23)22-29-17-5-4-14(25)8-13(17)9-18(29)21-16(27)10-15(26)11-19(21)30-22/h4-5,8,10-12,18,22H,2-3,6-7,9H2,1H3. The van der Waals surface area contributed by atoms with Crippen molar-refractivity contribution in [3.63, 3.8) is 0 Å². The Kier molecular flexibility index (Phi) is 4.75. The van der Waals surface area contributed by atoms with Gasteiger partial charge in [0.15, 0.2) is 0 Å². The first-order chi connectivity index (χ1) is 14.9. The molecule has 160 valence electrons. The lowest BCUT2D eigenvalue weighted by Gasteiger charge is -2.40. The molecule has 1 fully saturated rings. The van der Waals surface area contributed by atoms with Gasteiger partial charge in [-0.15, -0.1) is 11.3 Å². The largest absolute Gasteiger partial charge is 0.465 e. The van der Waals surface area contributed by atoms with E-state index in [1.807, 2.05) is 18.3 Å². The summed E-state index contributed by atoms with van der Waals surface area (Å²) in [6.45, 7) is 2.33. The molecule has 0 bridgehead atoms. The Bertz CT molecular complexity index is 1190. The lowest BCUT2D eigenvalue weighted by atomic mass is 9.90. The van der Waals surface area contributed by atoms with Crippen molar-refractivity contribution >= 4 is 48.9 Å². The summed E-state index contributed by atoms with van der Waals surface area (Å²) in [6.07, 6.45) is 7.33. The van der Waals surface area contributed by atoms with Crippen LogP contribution in [0.5, 0.6) is 5.75 Å². The van der Waals surface area contributed by atoms with Crippen LogP contribution in [0.25, 0.3) is 0 Å². The van der Waals surface area contributed by atoms with Crippen LogP contribution >= 0.6 is 43.2 Å². The molecule has 1 saturated carbocycles. The molecule has 3 heterocycles. The van der Waals surface area contributed by atoms with E-state index in [2.05, 4.69) is 55.8 Å². The number of nitrogens with zero attached hydrogens (tertiary/aromatic N) is 2. The van der Waals surface area contributed by atoms with Gasteiger partial charge in [-0.25, -0.2) is 9.37 Å². The lowest BCUT2D eigenvalue weighted by molar-refractivity contribution is 0.167. The molecule has 1 aliphatic carbocycles. The van der Waals surface area contributed by atoms with Crippen LogP contribution in [-0.2, 0) is 11.8 Å². The Morgan fingerprint density at radius 2 is 1.97 bits per heavy atom. The Morgan fingerprint density at radius 1 is 1.16 bits per heavy atom. The van der Waals surface area contributed by atoms with Crippen molar-refractivity contribution in [3.8, 4) is 5.75 Å². The number of benzene rings is 2. The molecule has 3 nitrogen and oxygen atoms in total. The molecule has 0 N–H and O–H groups in total. The molecule has 31 heavy (non-hydrogen) atoms. The normalized spacial score (nSPS) is 23.3. The smallest absolute Gasteiger partial charge is 0.210 e. The van der Waals surface area contributed by atoms with Crippen LogP contribution in [0.3, 0.4) is 0 Å². The monoisotopic (exact) mass is 562 g/mol. The van der Waals surface area contributed by atoms with Crippen molar-refractivity contribution < 1.29 is 9.13 Å². The van der Waals surface area contributed by atoms with Gasteiger partial charge in [-0.3, -0.25) is 0 Å². The SMILES string of the molecule is CC1(c2ncc(C3Oc4cc(Br)cc(F)c4C4Cc5cc(Br)ccc5N43)s2)CCCC1. The molecule has 0 saturated heterocycles. The maximum atomic E-state index is 15.1. The Labute approximate surface area is 201 Å². The lowest BCUT2D eigenvalue weighted by Crippen LogP contribution is -2.37. The van der Waals surface area contributed by atoms with E-state index in [0.29, 0.717) is 15.8 Å². The highest BCUT2D eigenvalue weighted by molar-refractivity contribution is 9.10. The molecule has 0 amide bonds. The maximum absolute atomic E-state index is 15.1. The summed E-state index contributed by atoms with van der Waals surface area (Å²) in [5, 5.41) is 1.20. The van der Waals surface area contributed by atoms with Crippen LogP contribution in [0.2, 0.25) is 0 Å². The van der Waals surface area contributed by atoms with Crippen molar-refractivity contribution in [1.82, 2.24) is 4.98 Å². The Hall–Kier alpha value is -1.44. The highest BCUT2D eigenvalue weighted by Gasteiger charge is 2.45. The summed E-state index contributed by atoms with van der Waals surface area (Å²) >= 11 is 8.78. The maximum Gasteiger partial charge on any atom is 0.210 e. The van der Waals surface area contributed by atoms with Gasteiger partial charge in [0.2, 0.25) is 6.23 Å². The van der Waals surface area contributed by atoms with Gasteiger partial charge in [0.05, 0.1) is 21.5 Å². The third-order valence-electron chi connectivity index (χ3n) is 6.94. The molecule has 3 aliphatic rings. The minimum absolute atomic E-state index is 0.0984. The number of fused-ring (bicyclic) bond motifs is 5. The van der Waals surface area contributed by atoms with Gasteiger partial charge in [0.25, 0.3) is 0 Å². The van der Waals surface area contributed by atoms with E-state index < -0.39 is 0 Å². The number of hydrogen-bond donors (Lipinski definition) is 0. The first-order valence-electron chi connectivity index (χ1n) is 10.6. The molecule has 2 atom stereocenters. The average Bonchev–Trinajstić information content (AvgIpc) is 3.44. The van der Waals surface area contributed by atoms with Crippen molar-refractivity contribution in [2.75, 3.05) is 4.90 Å². The van der Waals surface area contributed by atoms with Gasteiger partial charge >= 0.3 is 0 Å². The zero-order valence-corrected chi connectivity index (χ0v) is 21.0. The predicted octanol–water partition coefficient (Wildman–Crippen LogP) is 7.83. The van der Waals surface area contributed by atoms with E-state index in [0.717, 1.165) is 21.5 Å². The third-order valence-corrected chi connectivity index (χ3v) is 9.23. The molecule has 0 radical (unpaired) electrons. The highest BCUT2D eigenvalue weighted by Crippen LogP contribution is 2.54. The fraction of sp³-hybridized carbons (Fsp3) is 0.375. The van der Waals surface area contributed by atoms with Crippen LogP contribution in [0.4, 0.5) is 10.1 Å². The van der Waals surface area contributed by atoms with E-state index in [-0.39, 0.29) is 23.5 Å². The Morgan fingerprint density at radius 3 is 2.77 bits per heavy atom. The molecule has 2 aromatic carbocycles. The van der Waals surface area contributed by atoms with Crippen LogP contribution < -0.4 is 9.64 Å². The van der Waals surface area contributed by atoms with Crippen molar-refractivity contribution in [3.05, 3.63) is 72.3 Å². The van der Waals surface area contributed by atoms with E-state index in [9.17, 15) is 0 Å². The molecule has 6 rings (SSSR count). The van der Waals surface area contributed by atoms with Gasteiger partial charge in [-0.2, -0.15) is 0 Å². The van der Waals surface area contributed by atoms with Crippen LogP contribution in [0.1, 0.15) is 65.9 Å². The molecular formula is C24H21Br2FN2OS. The minimum atomic E-state index is -0.315. The number of hydrogen-bond acceptors (Lipinski definition) is 4. The van der Waals surface area contributed by atoms with Gasteiger partial charge in [-0.1, -0.05) is 51.6 Å². The molecule has 1 aromatic heterocycles. The first-order valence-corrected chi connectivity index (χ1v) is 13.0. The number of halogens is 3. The quantitative estimate of drug-likeness (QED) is 0.317. The predicted molar refractivity (Wildman–Crippen MR) is 128 cm³/mol. The van der Waals surface area contributed by atoms with Crippen molar-refractivity contribution in [1.29, 1.82) is 0 Å². The number of ether oxygens (including phenoxy) is 1. The van der Waals surface area contributed by atoms with Crippen molar-refractivity contribution in [2.45, 2.75) is 56.7 Å². The number of thiazole rings is 1. The summed E-state index contributed by atoms with van der Waals surface area (Å²) in [4.78, 5) is 8.17. The zero-order valence-electron chi connectivity index (χ0n) is 17.0. The summed E-state index contributed by atoms with van der Waals surface area (Å²) in [5.74, 6) is 0.389. The highest BCUT2D eigenvalue weighted by atomic mass is 79.9. The fourth-order valence-corrected chi connectivity index (χ4v) is 7.34. The van der Waals surface area contributed by atoms with Crippen LogP contribution in [0.15, 0.2) is 45.5 Å². The summed E-state index contributed by atoms with van der Waals surface area (Å²) < 4.78 is 23.3. The van der Waals surface area contributed by atoms with Gasteiger partial charge < -0.3 is 9.64 Å². The van der Waals surface area contributed by atoms with Crippen LogP contribution in [0, 0.1) is 5.82 Å². The second kappa shape index (κ2) is 7.29. The van der Waals surface area contributed by atoms with Gasteiger partial charge in [0.1, 0.15) is 11.6 Å². The molecular weight excluding hydrogens is 543 g/mol. The summed E-state index contributed by atoms with van der Waals surface area (Å²) in [5.41, 5.74) is 3.11. The van der Waals surface area contributed by atoms with Crippen LogP contribution in [-0.4, -0.2) is 4.98 Å². The molecule has 3 aromatic rings. The van der Waals surface area contributed by atoms with E-state index in [4.69, 9.17) is 9.72 Å².